The van der Waals surface area contributed by atoms with Crippen LogP contribution in [0.15, 0.2) is 0 Å². The molecule has 0 bridgehead atoms. The van der Waals surface area contributed by atoms with Crippen molar-refractivity contribution < 1.29 is 5.11 Å². The standard InChI is InChI=1S/C17H33NO/c1-2-18(15-13-14-15)16-11-9-7-5-3-4-6-8-10-12-17(16)19/h15-17,19H,2-14H2,1H3. The molecule has 2 rings (SSSR count). The van der Waals surface area contributed by atoms with Gasteiger partial charge in [-0.1, -0.05) is 58.3 Å². The lowest BCUT2D eigenvalue weighted by atomic mass is 9.94. The smallest absolute Gasteiger partial charge is 0.0695 e. The summed E-state index contributed by atoms with van der Waals surface area (Å²) < 4.78 is 0. The highest BCUT2D eigenvalue weighted by Crippen LogP contribution is 2.32. The average Bonchev–Trinajstić information content (AvgIpc) is 3.22. The van der Waals surface area contributed by atoms with Gasteiger partial charge in [-0.05, 0) is 32.2 Å². The number of hydrogen-bond donors (Lipinski definition) is 1. The van der Waals surface area contributed by atoms with E-state index in [2.05, 4.69) is 11.8 Å². The highest BCUT2D eigenvalue weighted by atomic mass is 16.3. The van der Waals surface area contributed by atoms with Crippen LogP contribution in [0.2, 0.25) is 0 Å². The lowest BCUT2D eigenvalue weighted by Crippen LogP contribution is -2.45. The van der Waals surface area contributed by atoms with Gasteiger partial charge in [0.05, 0.1) is 6.10 Å². The Hall–Kier alpha value is -0.0800. The van der Waals surface area contributed by atoms with Crippen molar-refractivity contribution in [3.05, 3.63) is 0 Å². The van der Waals surface area contributed by atoms with Gasteiger partial charge >= 0.3 is 0 Å². The highest BCUT2D eigenvalue weighted by Gasteiger charge is 2.35. The Morgan fingerprint density at radius 1 is 0.789 bits per heavy atom. The summed E-state index contributed by atoms with van der Waals surface area (Å²) in [6, 6.07) is 1.23. The van der Waals surface area contributed by atoms with Crippen molar-refractivity contribution in [2.45, 2.75) is 102 Å². The molecule has 2 nitrogen and oxygen atoms in total. The number of aliphatic hydroxyl groups excluding tert-OH is 1. The molecular weight excluding hydrogens is 234 g/mol. The zero-order chi connectivity index (χ0) is 13.5. The summed E-state index contributed by atoms with van der Waals surface area (Å²) in [6.45, 7) is 3.38. The maximum atomic E-state index is 10.6. The monoisotopic (exact) mass is 267 g/mol. The normalized spacial score (nSPS) is 31.7. The predicted octanol–water partition coefficient (Wildman–Crippen LogP) is 4.11. The van der Waals surface area contributed by atoms with Crippen LogP contribution in [0.25, 0.3) is 0 Å². The average molecular weight is 267 g/mol. The largest absolute Gasteiger partial charge is 0.391 e. The maximum Gasteiger partial charge on any atom is 0.0695 e. The van der Waals surface area contributed by atoms with E-state index in [0.717, 1.165) is 19.0 Å². The first-order chi connectivity index (χ1) is 9.33. The Kier molecular flexibility index (Phi) is 6.66. The summed E-state index contributed by atoms with van der Waals surface area (Å²) in [5, 5.41) is 10.6. The molecule has 2 aliphatic rings. The number of likely N-dealkylation sites (N-methyl/N-ethyl adjacent to an activating group) is 1. The van der Waals surface area contributed by atoms with Gasteiger partial charge in [0.2, 0.25) is 0 Å². The first-order valence-electron chi connectivity index (χ1n) is 8.76. The molecule has 19 heavy (non-hydrogen) atoms. The van der Waals surface area contributed by atoms with E-state index in [1.54, 1.807) is 0 Å². The van der Waals surface area contributed by atoms with Gasteiger partial charge in [-0.2, -0.15) is 0 Å². The first-order valence-corrected chi connectivity index (χ1v) is 8.76. The zero-order valence-corrected chi connectivity index (χ0v) is 12.8. The van der Waals surface area contributed by atoms with E-state index in [9.17, 15) is 5.11 Å². The second-order valence-corrected chi connectivity index (χ2v) is 6.60. The molecule has 0 aromatic heterocycles. The molecule has 0 aromatic carbocycles. The van der Waals surface area contributed by atoms with Crippen LogP contribution in [0.4, 0.5) is 0 Å². The van der Waals surface area contributed by atoms with E-state index in [0.29, 0.717) is 6.04 Å². The van der Waals surface area contributed by atoms with Crippen LogP contribution in [0.3, 0.4) is 0 Å². The molecule has 0 heterocycles. The Labute approximate surface area is 119 Å². The summed E-state index contributed by atoms with van der Waals surface area (Å²) in [5.74, 6) is 0. The highest BCUT2D eigenvalue weighted by molar-refractivity contribution is 4.91. The van der Waals surface area contributed by atoms with Crippen molar-refractivity contribution in [3.63, 3.8) is 0 Å². The molecule has 1 N–H and O–H groups in total. The zero-order valence-electron chi connectivity index (χ0n) is 12.8. The molecule has 2 atom stereocenters. The molecule has 0 amide bonds. The van der Waals surface area contributed by atoms with Crippen molar-refractivity contribution in [3.8, 4) is 0 Å². The molecule has 0 spiro atoms. The fourth-order valence-electron chi connectivity index (χ4n) is 3.71. The number of rotatable bonds is 3. The molecule has 0 radical (unpaired) electrons. The van der Waals surface area contributed by atoms with Crippen molar-refractivity contribution in [1.29, 1.82) is 0 Å². The molecule has 0 aromatic rings. The molecular formula is C17H33NO. The van der Waals surface area contributed by atoms with Gasteiger partial charge in [-0.25, -0.2) is 0 Å². The van der Waals surface area contributed by atoms with Crippen LogP contribution >= 0.6 is 0 Å². The topological polar surface area (TPSA) is 23.5 Å². The second-order valence-electron chi connectivity index (χ2n) is 6.60. The van der Waals surface area contributed by atoms with Crippen molar-refractivity contribution in [2.75, 3.05) is 6.54 Å². The lowest BCUT2D eigenvalue weighted by molar-refractivity contribution is 0.0333. The van der Waals surface area contributed by atoms with E-state index >= 15 is 0 Å². The molecule has 0 aliphatic heterocycles. The van der Waals surface area contributed by atoms with E-state index in [1.807, 2.05) is 0 Å². The number of aliphatic hydroxyl groups is 1. The summed E-state index contributed by atoms with van der Waals surface area (Å²) in [5.41, 5.74) is 0. The molecule has 2 saturated carbocycles. The van der Waals surface area contributed by atoms with E-state index < -0.39 is 0 Å². The third kappa shape index (κ3) is 5.07. The van der Waals surface area contributed by atoms with Crippen LogP contribution in [0.5, 0.6) is 0 Å². The molecule has 2 aliphatic carbocycles. The third-order valence-electron chi connectivity index (χ3n) is 5.00. The van der Waals surface area contributed by atoms with Gasteiger partial charge < -0.3 is 5.11 Å². The van der Waals surface area contributed by atoms with E-state index in [4.69, 9.17) is 0 Å². The number of hydrogen-bond acceptors (Lipinski definition) is 2. The van der Waals surface area contributed by atoms with Crippen molar-refractivity contribution in [1.82, 2.24) is 4.90 Å². The van der Waals surface area contributed by atoms with Gasteiger partial charge in [0.25, 0.3) is 0 Å². The Morgan fingerprint density at radius 2 is 1.32 bits per heavy atom. The van der Waals surface area contributed by atoms with Gasteiger partial charge in [-0.3, -0.25) is 4.90 Å². The Balaban J connectivity index is 1.89. The lowest BCUT2D eigenvalue weighted by Gasteiger charge is -2.35. The third-order valence-corrected chi connectivity index (χ3v) is 5.00. The van der Waals surface area contributed by atoms with Crippen LogP contribution in [-0.2, 0) is 0 Å². The summed E-state index contributed by atoms with van der Waals surface area (Å²) in [6.07, 6.45) is 15.7. The summed E-state index contributed by atoms with van der Waals surface area (Å²) >= 11 is 0. The van der Waals surface area contributed by atoms with Gasteiger partial charge in [0, 0.05) is 12.1 Å². The molecule has 2 heteroatoms. The fourth-order valence-corrected chi connectivity index (χ4v) is 3.71. The number of nitrogens with zero attached hydrogens (tertiary/aromatic N) is 1. The van der Waals surface area contributed by atoms with Crippen molar-refractivity contribution in [2.24, 2.45) is 0 Å². The second kappa shape index (κ2) is 8.26. The minimum absolute atomic E-state index is 0.0834. The van der Waals surface area contributed by atoms with E-state index in [1.165, 1.54) is 70.6 Å². The van der Waals surface area contributed by atoms with Crippen LogP contribution in [-0.4, -0.2) is 34.7 Å². The molecule has 2 unspecified atom stereocenters. The SMILES string of the molecule is CCN(C1CC1)C1CCCCCCCCCCC1O. The minimum atomic E-state index is -0.0834. The van der Waals surface area contributed by atoms with Gasteiger partial charge in [-0.15, -0.1) is 0 Å². The van der Waals surface area contributed by atoms with Crippen LogP contribution in [0, 0.1) is 0 Å². The quantitative estimate of drug-likeness (QED) is 0.831. The summed E-state index contributed by atoms with van der Waals surface area (Å²) in [4.78, 5) is 2.61. The molecule has 2 fully saturated rings. The van der Waals surface area contributed by atoms with Crippen molar-refractivity contribution >= 4 is 0 Å². The Morgan fingerprint density at radius 3 is 1.84 bits per heavy atom. The first kappa shape index (κ1) is 15.3. The Bertz CT molecular complexity index is 239. The predicted molar refractivity (Wildman–Crippen MR) is 81.4 cm³/mol. The molecule has 0 saturated heterocycles. The van der Waals surface area contributed by atoms with E-state index in [-0.39, 0.29) is 6.10 Å². The van der Waals surface area contributed by atoms with Crippen LogP contribution < -0.4 is 0 Å². The maximum absolute atomic E-state index is 10.6. The summed E-state index contributed by atoms with van der Waals surface area (Å²) in [7, 11) is 0. The van der Waals surface area contributed by atoms with Crippen LogP contribution in [0.1, 0.15) is 84.0 Å². The fraction of sp³-hybridized carbons (Fsp3) is 1.00. The van der Waals surface area contributed by atoms with Gasteiger partial charge in [0.1, 0.15) is 0 Å². The minimum Gasteiger partial charge on any atom is -0.391 e. The van der Waals surface area contributed by atoms with Gasteiger partial charge in [0.15, 0.2) is 0 Å². The molecule has 112 valence electrons.